The Bertz CT molecular complexity index is 502. The van der Waals surface area contributed by atoms with Crippen LogP contribution in [0.15, 0.2) is 24.3 Å². The van der Waals surface area contributed by atoms with Crippen LogP contribution >= 0.6 is 12.4 Å². The molecule has 1 amide bonds. The van der Waals surface area contributed by atoms with Crippen LogP contribution in [0.2, 0.25) is 0 Å². The quantitative estimate of drug-likeness (QED) is 0.537. The monoisotopic (exact) mass is 368 g/mol. The zero-order valence-electron chi connectivity index (χ0n) is 15.6. The molecule has 5 heteroatoms. The van der Waals surface area contributed by atoms with Crippen molar-refractivity contribution in [2.24, 2.45) is 0 Å². The van der Waals surface area contributed by atoms with Gasteiger partial charge in [-0.05, 0) is 30.4 Å². The number of hydrogen-bond donors (Lipinski definition) is 2. The Balaban J connectivity index is 0.00000312. The van der Waals surface area contributed by atoms with Gasteiger partial charge < -0.3 is 15.4 Å². The molecule has 4 nitrogen and oxygen atoms in total. The highest BCUT2D eigenvalue weighted by Crippen LogP contribution is 2.28. The van der Waals surface area contributed by atoms with Crippen molar-refractivity contribution in [3.63, 3.8) is 0 Å². The number of para-hydroxylation sites is 1. The van der Waals surface area contributed by atoms with Gasteiger partial charge in [0.05, 0.1) is 7.11 Å². The predicted octanol–water partition coefficient (Wildman–Crippen LogP) is 4.04. The van der Waals surface area contributed by atoms with Crippen LogP contribution in [0.1, 0.15) is 63.4 Å². The normalized spacial score (nSPS) is 16.4. The number of carbonyl (C=O) groups is 1. The second kappa shape index (κ2) is 12.2. The van der Waals surface area contributed by atoms with Gasteiger partial charge in [-0.3, -0.25) is 4.79 Å². The highest BCUT2D eigenvalue weighted by molar-refractivity contribution is 5.85. The van der Waals surface area contributed by atoms with E-state index in [2.05, 4.69) is 17.6 Å². The number of carbonyl (C=O) groups excluding carboxylic acids is 1. The first-order valence-electron chi connectivity index (χ1n) is 9.33. The molecule has 1 saturated carbocycles. The first-order chi connectivity index (χ1) is 11.7. The molecule has 1 fully saturated rings. The van der Waals surface area contributed by atoms with Gasteiger partial charge in [0.2, 0.25) is 5.91 Å². The van der Waals surface area contributed by atoms with E-state index in [1.807, 2.05) is 24.3 Å². The summed E-state index contributed by atoms with van der Waals surface area (Å²) in [5.41, 5.74) is 1.09. The van der Waals surface area contributed by atoms with Crippen LogP contribution in [0.3, 0.4) is 0 Å². The molecule has 0 saturated heterocycles. The highest BCUT2D eigenvalue weighted by Gasteiger charge is 2.15. The summed E-state index contributed by atoms with van der Waals surface area (Å²) in [4.78, 5) is 12.2. The Labute approximate surface area is 158 Å². The van der Waals surface area contributed by atoms with E-state index in [-0.39, 0.29) is 24.2 Å². The van der Waals surface area contributed by atoms with Crippen LogP contribution in [-0.2, 0) is 4.79 Å². The fourth-order valence-electron chi connectivity index (χ4n) is 3.50. The lowest BCUT2D eigenvalue weighted by Crippen LogP contribution is -2.37. The topological polar surface area (TPSA) is 50.4 Å². The Morgan fingerprint density at radius 3 is 2.52 bits per heavy atom. The summed E-state index contributed by atoms with van der Waals surface area (Å²) in [7, 11) is 1.67. The van der Waals surface area contributed by atoms with Crippen LogP contribution in [0.25, 0.3) is 0 Å². The van der Waals surface area contributed by atoms with E-state index in [1.54, 1.807) is 7.11 Å². The smallest absolute Gasteiger partial charge is 0.220 e. The van der Waals surface area contributed by atoms with E-state index in [9.17, 15) is 4.79 Å². The molecule has 1 aromatic carbocycles. The molecule has 2 N–H and O–H groups in total. The summed E-state index contributed by atoms with van der Waals surface area (Å²) in [5.74, 6) is 1.11. The zero-order chi connectivity index (χ0) is 17.2. The van der Waals surface area contributed by atoms with Crippen molar-refractivity contribution in [1.82, 2.24) is 10.6 Å². The maximum atomic E-state index is 12.2. The van der Waals surface area contributed by atoms with Gasteiger partial charge in [0.15, 0.2) is 0 Å². The minimum atomic E-state index is 0. The van der Waals surface area contributed by atoms with Crippen molar-refractivity contribution < 1.29 is 9.53 Å². The number of rotatable bonds is 8. The lowest BCUT2D eigenvalue weighted by atomic mass is 9.96. The lowest BCUT2D eigenvalue weighted by Gasteiger charge is -2.17. The number of amides is 1. The molecule has 1 atom stereocenters. The fraction of sp³-hybridized carbons (Fsp3) is 0.650. The standard InChI is InChI=1S/C20H32N2O2.ClH/c1-16(18-11-7-8-12-19(18)24-2)15-20(23)22-14-13-21-17-9-5-3-4-6-10-17;/h7-8,11-12,16-17,21H,3-6,9-10,13-15H2,1-2H3,(H,22,23);1H. The second-order valence-electron chi connectivity index (χ2n) is 6.84. The van der Waals surface area contributed by atoms with Gasteiger partial charge >= 0.3 is 0 Å². The molecule has 1 unspecified atom stereocenters. The fourth-order valence-corrected chi connectivity index (χ4v) is 3.50. The number of nitrogens with one attached hydrogen (secondary N) is 2. The van der Waals surface area contributed by atoms with Gasteiger partial charge in [0.1, 0.15) is 5.75 Å². The van der Waals surface area contributed by atoms with Gasteiger partial charge in [0.25, 0.3) is 0 Å². The molecule has 0 spiro atoms. The molecule has 0 bridgehead atoms. The van der Waals surface area contributed by atoms with Crippen LogP contribution < -0.4 is 15.4 Å². The summed E-state index contributed by atoms with van der Waals surface area (Å²) in [5, 5.41) is 6.62. The van der Waals surface area contributed by atoms with Gasteiger partial charge in [-0.15, -0.1) is 12.4 Å². The lowest BCUT2D eigenvalue weighted by molar-refractivity contribution is -0.121. The molecule has 0 heterocycles. The molecular formula is C20H33ClN2O2. The van der Waals surface area contributed by atoms with E-state index in [4.69, 9.17) is 4.74 Å². The first kappa shape index (κ1) is 21.8. The number of benzene rings is 1. The van der Waals surface area contributed by atoms with Crippen molar-refractivity contribution in [1.29, 1.82) is 0 Å². The maximum absolute atomic E-state index is 12.2. The van der Waals surface area contributed by atoms with Gasteiger partial charge in [-0.1, -0.05) is 50.8 Å². The Kier molecular flexibility index (Phi) is 10.6. The molecule has 2 rings (SSSR count). The Morgan fingerprint density at radius 2 is 1.84 bits per heavy atom. The van der Waals surface area contributed by atoms with Crippen molar-refractivity contribution in [3.05, 3.63) is 29.8 Å². The van der Waals surface area contributed by atoms with Crippen molar-refractivity contribution in [3.8, 4) is 5.75 Å². The molecule has 25 heavy (non-hydrogen) atoms. The molecule has 1 aliphatic carbocycles. The van der Waals surface area contributed by atoms with Crippen molar-refractivity contribution in [2.45, 2.75) is 63.8 Å². The van der Waals surface area contributed by atoms with Crippen LogP contribution in [0, 0.1) is 0 Å². The predicted molar refractivity (Wildman–Crippen MR) is 106 cm³/mol. The highest BCUT2D eigenvalue weighted by atomic mass is 35.5. The largest absolute Gasteiger partial charge is 0.496 e. The third-order valence-electron chi connectivity index (χ3n) is 4.90. The summed E-state index contributed by atoms with van der Waals surface area (Å²) in [6, 6.07) is 8.55. The van der Waals surface area contributed by atoms with Crippen molar-refractivity contribution >= 4 is 18.3 Å². The average Bonchev–Trinajstić information content (AvgIpc) is 2.87. The third kappa shape index (κ3) is 7.66. The van der Waals surface area contributed by atoms with Crippen LogP contribution in [0.4, 0.5) is 0 Å². The van der Waals surface area contributed by atoms with Gasteiger partial charge in [-0.2, -0.15) is 0 Å². The van der Waals surface area contributed by atoms with E-state index in [0.29, 0.717) is 19.0 Å². The van der Waals surface area contributed by atoms with Crippen molar-refractivity contribution in [2.75, 3.05) is 20.2 Å². The number of halogens is 1. The Morgan fingerprint density at radius 1 is 1.16 bits per heavy atom. The molecule has 0 aliphatic heterocycles. The molecule has 1 aromatic rings. The minimum absolute atomic E-state index is 0. The molecular weight excluding hydrogens is 336 g/mol. The molecule has 1 aliphatic rings. The van der Waals surface area contributed by atoms with E-state index in [0.717, 1.165) is 17.9 Å². The molecule has 142 valence electrons. The number of ether oxygens (including phenoxy) is 1. The SMILES string of the molecule is COc1ccccc1C(C)CC(=O)NCCNC1CCCCCC1.Cl. The summed E-state index contributed by atoms with van der Waals surface area (Å²) in [6.07, 6.45) is 8.45. The summed E-state index contributed by atoms with van der Waals surface area (Å²) >= 11 is 0. The number of hydrogen-bond acceptors (Lipinski definition) is 3. The van der Waals surface area contributed by atoms with Crippen LogP contribution in [0.5, 0.6) is 5.75 Å². The second-order valence-corrected chi connectivity index (χ2v) is 6.84. The summed E-state index contributed by atoms with van der Waals surface area (Å²) < 4.78 is 5.38. The molecule has 0 radical (unpaired) electrons. The number of methoxy groups -OCH3 is 1. The average molecular weight is 369 g/mol. The third-order valence-corrected chi connectivity index (χ3v) is 4.90. The first-order valence-corrected chi connectivity index (χ1v) is 9.33. The maximum Gasteiger partial charge on any atom is 0.220 e. The Hall–Kier alpha value is -1.26. The van der Waals surface area contributed by atoms with Gasteiger partial charge in [0, 0.05) is 25.6 Å². The summed E-state index contributed by atoms with van der Waals surface area (Å²) in [6.45, 7) is 3.63. The van der Waals surface area contributed by atoms with E-state index >= 15 is 0 Å². The minimum Gasteiger partial charge on any atom is -0.496 e. The van der Waals surface area contributed by atoms with Crippen LogP contribution in [-0.4, -0.2) is 32.1 Å². The van der Waals surface area contributed by atoms with E-state index < -0.39 is 0 Å². The molecule has 0 aromatic heterocycles. The van der Waals surface area contributed by atoms with E-state index in [1.165, 1.54) is 38.5 Å². The zero-order valence-corrected chi connectivity index (χ0v) is 16.4. The van der Waals surface area contributed by atoms with Gasteiger partial charge in [-0.25, -0.2) is 0 Å².